The van der Waals surface area contributed by atoms with Crippen molar-refractivity contribution < 1.29 is 25.9 Å². The van der Waals surface area contributed by atoms with E-state index in [0.29, 0.717) is 12.5 Å². The number of rotatable bonds is 2. The molecule has 1 aromatic rings. The van der Waals surface area contributed by atoms with E-state index in [-0.39, 0.29) is 6.04 Å². The summed E-state index contributed by atoms with van der Waals surface area (Å²) in [5, 5.41) is 0. The molecule has 1 rings (SSSR count). The average molecular weight is 327 g/mol. The highest BCUT2D eigenvalue weighted by atomic mass is 32.2. The van der Waals surface area contributed by atoms with Gasteiger partial charge >= 0.3 is 0 Å². The SMILES string of the molecule is CC(N)Cc1ccccc1.CS(=O)(=O)O.CS(=O)(=O)O. The second-order valence-electron chi connectivity index (χ2n) is 4.13. The zero-order valence-corrected chi connectivity index (χ0v) is 13.2. The first-order valence-electron chi connectivity index (χ1n) is 5.43. The lowest BCUT2D eigenvalue weighted by atomic mass is 10.1. The molecule has 0 bridgehead atoms. The van der Waals surface area contributed by atoms with Gasteiger partial charge < -0.3 is 5.73 Å². The Kier molecular flexibility index (Phi) is 10.5. The Morgan fingerprint density at radius 3 is 1.55 bits per heavy atom. The molecule has 0 radical (unpaired) electrons. The Morgan fingerprint density at radius 1 is 1.00 bits per heavy atom. The first kappa shape index (κ1) is 21.3. The van der Waals surface area contributed by atoms with E-state index in [1.165, 1.54) is 5.56 Å². The van der Waals surface area contributed by atoms with E-state index in [1.54, 1.807) is 0 Å². The normalized spacial score (nSPS) is 12.3. The van der Waals surface area contributed by atoms with E-state index in [9.17, 15) is 16.8 Å². The predicted molar refractivity (Wildman–Crippen MR) is 78.7 cm³/mol. The van der Waals surface area contributed by atoms with Crippen LogP contribution in [0.15, 0.2) is 30.3 Å². The maximum atomic E-state index is 9.19. The summed E-state index contributed by atoms with van der Waals surface area (Å²) in [5.74, 6) is 0. The Labute approximate surface area is 120 Å². The maximum absolute atomic E-state index is 9.19. The third kappa shape index (κ3) is 36.0. The molecular formula is C11H21NO6S2. The van der Waals surface area contributed by atoms with Crippen molar-refractivity contribution in [3.8, 4) is 0 Å². The van der Waals surface area contributed by atoms with Crippen LogP contribution in [0.5, 0.6) is 0 Å². The Morgan fingerprint density at radius 2 is 1.30 bits per heavy atom. The highest BCUT2D eigenvalue weighted by Crippen LogP contribution is 2.00. The van der Waals surface area contributed by atoms with Gasteiger partial charge in [-0.25, -0.2) is 0 Å². The summed E-state index contributed by atoms with van der Waals surface area (Å²) < 4.78 is 51.7. The van der Waals surface area contributed by atoms with Crippen LogP contribution in [0.2, 0.25) is 0 Å². The fraction of sp³-hybridized carbons (Fsp3) is 0.455. The maximum Gasteiger partial charge on any atom is 0.261 e. The summed E-state index contributed by atoms with van der Waals surface area (Å²) in [5.41, 5.74) is 6.94. The van der Waals surface area contributed by atoms with Crippen molar-refractivity contribution in [1.82, 2.24) is 0 Å². The average Bonchev–Trinajstić information content (AvgIpc) is 2.12. The Bertz CT molecular complexity index is 506. The molecule has 4 N–H and O–H groups in total. The van der Waals surface area contributed by atoms with Crippen LogP contribution < -0.4 is 5.73 Å². The van der Waals surface area contributed by atoms with Gasteiger partial charge in [-0.05, 0) is 18.9 Å². The lowest BCUT2D eigenvalue weighted by Gasteiger charge is -2.02. The van der Waals surface area contributed by atoms with E-state index in [2.05, 4.69) is 12.1 Å². The van der Waals surface area contributed by atoms with Gasteiger partial charge in [-0.1, -0.05) is 30.3 Å². The van der Waals surface area contributed by atoms with Crippen molar-refractivity contribution in [2.24, 2.45) is 5.73 Å². The van der Waals surface area contributed by atoms with E-state index in [0.717, 1.165) is 6.42 Å². The van der Waals surface area contributed by atoms with Crippen molar-refractivity contribution in [3.63, 3.8) is 0 Å². The van der Waals surface area contributed by atoms with Crippen LogP contribution >= 0.6 is 0 Å². The third-order valence-corrected chi connectivity index (χ3v) is 1.40. The third-order valence-electron chi connectivity index (χ3n) is 1.40. The van der Waals surface area contributed by atoms with Crippen LogP contribution in [-0.4, -0.2) is 44.5 Å². The second kappa shape index (κ2) is 9.83. The molecule has 0 aliphatic carbocycles. The minimum atomic E-state index is -3.67. The highest BCUT2D eigenvalue weighted by Gasteiger charge is 1.94. The van der Waals surface area contributed by atoms with Gasteiger partial charge in [-0.2, -0.15) is 16.8 Å². The fourth-order valence-corrected chi connectivity index (χ4v) is 0.986. The first-order valence-corrected chi connectivity index (χ1v) is 9.13. The lowest BCUT2D eigenvalue weighted by molar-refractivity contribution is 0.488. The molecule has 9 heteroatoms. The van der Waals surface area contributed by atoms with Gasteiger partial charge in [0.05, 0.1) is 12.5 Å². The second-order valence-corrected chi connectivity index (χ2v) is 7.07. The van der Waals surface area contributed by atoms with E-state index in [1.807, 2.05) is 25.1 Å². The topological polar surface area (TPSA) is 135 Å². The minimum absolute atomic E-state index is 0.266. The molecule has 1 atom stereocenters. The quantitative estimate of drug-likeness (QED) is 0.676. The molecule has 0 saturated carbocycles. The number of hydrogen-bond donors (Lipinski definition) is 3. The summed E-state index contributed by atoms with van der Waals surface area (Å²) in [7, 11) is -7.33. The van der Waals surface area contributed by atoms with Gasteiger partial charge in [0.1, 0.15) is 0 Å². The van der Waals surface area contributed by atoms with Crippen LogP contribution in [0.3, 0.4) is 0 Å². The summed E-state index contributed by atoms with van der Waals surface area (Å²) >= 11 is 0. The van der Waals surface area contributed by atoms with Crippen LogP contribution in [0, 0.1) is 0 Å². The molecule has 0 fully saturated rings. The Balaban J connectivity index is 0. The van der Waals surface area contributed by atoms with Crippen LogP contribution in [0.25, 0.3) is 0 Å². The molecule has 20 heavy (non-hydrogen) atoms. The van der Waals surface area contributed by atoms with E-state index < -0.39 is 20.2 Å². The van der Waals surface area contributed by atoms with E-state index >= 15 is 0 Å². The van der Waals surface area contributed by atoms with Gasteiger partial charge in [0.25, 0.3) is 20.2 Å². The molecule has 7 nitrogen and oxygen atoms in total. The number of hydrogen-bond acceptors (Lipinski definition) is 5. The van der Waals surface area contributed by atoms with Crippen LogP contribution in [0.1, 0.15) is 12.5 Å². The minimum Gasteiger partial charge on any atom is -0.328 e. The van der Waals surface area contributed by atoms with Crippen molar-refractivity contribution >= 4 is 20.2 Å². The van der Waals surface area contributed by atoms with Crippen LogP contribution in [0.4, 0.5) is 0 Å². The lowest BCUT2D eigenvalue weighted by Crippen LogP contribution is -2.17. The molecule has 0 spiro atoms. The zero-order chi connectivity index (χ0) is 16.4. The largest absolute Gasteiger partial charge is 0.328 e. The van der Waals surface area contributed by atoms with Crippen molar-refractivity contribution in [2.45, 2.75) is 19.4 Å². The highest BCUT2D eigenvalue weighted by molar-refractivity contribution is 7.85. The summed E-state index contributed by atoms with van der Waals surface area (Å²) in [6.07, 6.45) is 2.40. The molecule has 0 saturated heterocycles. The molecule has 0 aliphatic rings. The summed E-state index contributed by atoms with van der Waals surface area (Å²) in [4.78, 5) is 0. The van der Waals surface area contributed by atoms with Crippen molar-refractivity contribution in [2.75, 3.05) is 12.5 Å². The predicted octanol–water partition coefficient (Wildman–Crippen LogP) is 0.584. The van der Waals surface area contributed by atoms with Gasteiger partial charge in [0.2, 0.25) is 0 Å². The molecule has 118 valence electrons. The molecule has 0 aromatic heterocycles. The van der Waals surface area contributed by atoms with Crippen molar-refractivity contribution in [3.05, 3.63) is 35.9 Å². The molecule has 0 heterocycles. The smallest absolute Gasteiger partial charge is 0.261 e. The molecule has 0 aliphatic heterocycles. The van der Waals surface area contributed by atoms with Gasteiger partial charge in [0.15, 0.2) is 0 Å². The number of benzene rings is 1. The monoisotopic (exact) mass is 327 g/mol. The van der Waals surface area contributed by atoms with Gasteiger partial charge in [-0.15, -0.1) is 0 Å². The molecule has 1 aromatic carbocycles. The number of nitrogens with two attached hydrogens (primary N) is 1. The van der Waals surface area contributed by atoms with Crippen LogP contribution in [-0.2, 0) is 26.7 Å². The Hall–Kier alpha value is -1.00. The molecule has 0 amide bonds. The van der Waals surface area contributed by atoms with E-state index in [4.69, 9.17) is 14.8 Å². The van der Waals surface area contributed by atoms with Crippen molar-refractivity contribution in [1.29, 1.82) is 0 Å². The summed E-state index contributed by atoms with van der Waals surface area (Å²) in [6, 6.07) is 10.6. The standard InChI is InChI=1S/C9H13N.2CH4O3S/c1-8(10)7-9-5-3-2-4-6-9;2*1-5(2,3)4/h2-6,8H,7,10H2,1H3;2*1H3,(H,2,3,4). The summed E-state index contributed by atoms with van der Waals surface area (Å²) in [6.45, 7) is 2.02. The zero-order valence-electron chi connectivity index (χ0n) is 11.6. The molecule has 1 unspecified atom stereocenters. The van der Waals surface area contributed by atoms with Gasteiger partial charge in [0, 0.05) is 6.04 Å². The fourth-order valence-electron chi connectivity index (χ4n) is 0.986. The molecular weight excluding hydrogens is 306 g/mol. The first-order chi connectivity index (χ1) is 8.79. The van der Waals surface area contributed by atoms with Gasteiger partial charge in [-0.3, -0.25) is 9.11 Å².